The molecule has 2 N–H and O–H groups in total. The van der Waals surface area contributed by atoms with Crippen molar-refractivity contribution in [3.8, 4) is 6.07 Å². The molecule has 1 aliphatic rings. The van der Waals surface area contributed by atoms with E-state index in [-0.39, 0.29) is 36.4 Å². The van der Waals surface area contributed by atoms with Gasteiger partial charge in [0.15, 0.2) is 5.96 Å². The molecule has 1 aromatic rings. The fourth-order valence-electron chi connectivity index (χ4n) is 3.04. The largest absolute Gasteiger partial charge is 0.359 e. The second kappa shape index (κ2) is 11.7. The Hall–Kier alpha value is -1.89. The molecule has 0 bridgehead atoms. The van der Waals surface area contributed by atoms with Crippen molar-refractivity contribution in [2.75, 3.05) is 26.7 Å². The molecule has 0 aromatic heterocycles. The molecule has 0 radical (unpaired) electrons. The van der Waals surface area contributed by atoms with E-state index in [2.05, 4.69) is 20.5 Å². The summed E-state index contributed by atoms with van der Waals surface area (Å²) in [7, 11) is 1.66. The monoisotopic (exact) mass is 487 g/mol. The van der Waals surface area contributed by atoms with Crippen LogP contribution in [0.1, 0.15) is 37.3 Å². The van der Waals surface area contributed by atoms with Crippen molar-refractivity contribution in [1.82, 2.24) is 15.5 Å². The van der Waals surface area contributed by atoms with Gasteiger partial charge >= 0.3 is 0 Å². The topological polar surface area (TPSA) is 80.5 Å². The molecule has 0 aliphatic carbocycles. The van der Waals surface area contributed by atoms with Crippen molar-refractivity contribution in [2.24, 2.45) is 10.9 Å². The lowest BCUT2D eigenvalue weighted by molar-refractivity contribution is -0.121. The van der Waals surface area contributed by atoms with E-state index in [9.17, 15) is 9.18 Å². The van der Waals surface area contributed by atoms with Crippen molar-refractivity contribution in [3.05, 3.63) is 35.1 Å². The molecule has 8 heteroatoms. The molecule has 0 unspecified atom stereocenters. The number of hydrogen-bond donors (Lipinski definition) is 2. The highest BCUT2D eigenvalue weighted by atomic mass is 127. The van der Waals surface area contributed by atoms with E-state index >= 15 is 0 Å². The van der Waals surface area contributed by atoms with Gasteiger partial charge in [-0.15, -0.1) is 24.0 Å². The summed E-state index contributed by atoms with van der Waals surface area (Å²) in [6.45, 7) is 4.59. The number of likely N-dealkylation sites (tertiary alicyclic amines) is 1. The van der Waals surface area contributed by atoms with Crippen LogP contribution in [0, 0.1) is 23.1 Å². The summed E-state index contributed by atoms with van der Waals surface area (Å²) in [5.41, 5.74) is 0.772. The number of piperidine rings is 1. The molecule has 2 rings (SSSR count). The molecule has 1 aromatic carbocycles. The predicted octanol–water partition coefficient (Wildman–Crippen LogP) is 2.63. The first kappa shape index (κ1) is 23.1. The van der Waals surface area contributed by atoms with Gasteiger partial charge in [0, 0.05) is 38.7 Å². The molecule has 1 heterocycles. The molecular weight excluding hydrogens is 460 g/mol. The third-order valence-electron chi connectivity index (χ3n) is 4.58. The van der Waals surface area contributed by atoms with Gasteiger partial charge in [-0.2, -0.15) is 5.26 Å². The zero-order valence-electron chi connectivity index (χ0n) is 15.8. The van der Waals surface area contributed by atoms with E-state index < -0.39 is 5.82 Å². The van der Waals surface area contributed by atoms with Crippen LogP contribution >= 0.6 is 24.0 Å². The van der Waals surface area contributed by atoms with Crippen molar-refractivity contribution in [3.63, 3.8) is 0 Å². The van der Waals surface area contributed by atoms with E-state index in [1.807, 2.05) is 13.0 Å². The van der Waals surface area contributed by atoms with Gasteiger partial charge in [0.25, 0.3) is 0 Å². The van der Waals surface area contributed by atoms with E-state index in [1.165, 1.54) is 6.07 Å². The Labute approximate surface area is 177 Å². The summed E-state index contributed by atoms with van der Waals surface area (Å²) in [5.74, 6) is 0.827. The zero-order valence-corrected chi connectivity index (χ0v) is 18.1. The third-order valence-corrected chi connectivity index (χ3v) is 4.58. The molecule has 1 saturated heterocycles. The molecule has 1 fully saturated rings. The number of guanidine groups is 1. The Morgan fingerprint density at radius 1 is 1.41 bits per heavy atom. The van der Waals surface area contributed by atoms with Crippen LogP contribution in [0.4, 0.5) is 4.39 Å². The molecular formula is C19H27FIN5O. The Kier molecular flexibility index (Phi) is 10.1. The highest BCUT2D eigenvalue weighted by molar-refractivity contribution is 14.0. The van der Waals surface area contributed by atoms with E-state index in [0.717, 1.165) is 38.4 Å². The Morgan fingerprint density at radius 3 is 2.67 bits per heavy atom. The lowest BCUT2D eigenvalue weighted by Crippen LogP contribution is -2.46. The highest BCUT2D eigenvalue weighted by Crippen LogP contribution is 2.20. The lowest BCUT2D eigenvalue weighted by atomic mass is 9.93. The minimum Gasteiger partial charge on any atom is -0.359 e. The number of nitrogens with one attached hydrogen (secondary N) is 2. The first-order valence-corrected chi connectivity index (χ1v) is 8.99. The van der Waals surface area contributed by atoms with Crippen LogP contribution in [0.5, 0.6) is 0 Å². The van der Waals surface area contributed by atoms with Crippen molar-refractivity contribution in [2.45, 2.75) is 32.7 Å². The second-order valence-corrected chi connectivity index (χ2v) is 6.40. The molecule has 0 atom stereocenters. The highest BCUT2D eigenvalue weighted by Gasteiger charge is 2.23. The number of halogens is 2. The molecule has 6 nitrogen and oxygen atoms in total. The number of carbonyl (C=O) groups is 1. The number of nitrogens with zero attached hydrogens (tertiary/aromatic N) is 3. The van der Waals surface area contributed by atoms with Crippen LogP contribution < -0.4 is 10.6 Å². The summed E-state index contributed by atoms with van der Waals surface area (Å²) < 4.78 is 14.0. The Balaban J connectivity index is 0.00000364. The van der Waals surface area contributed by atoms with Crippen molar-refractivity contribution >= 4 is 35.8 Å². The Morgan fingerprint density at radius 2 is 2.11 bits per heavy atom. The number of hydrogen-bond acceptors (Lipinski definition) is 3. The minimum absolute atomic E-state index is 0. The second-order valence-electron chi connectivity index (χ2n) is 6.40. The van der Waals surface area contributed by atoms with Crippen LogP contribution in [0.25, 0.3) is 0 Å². The van der Waals surface area contributed by atoms with Gasteiger partial charge in [0.2, 0.25) is 5.91 Å². The maximum Gasteiger partial charge on any atom is 0.220 e. The summed E-state index contributed by atoms with van der Waals surface area (Å²) >= 11 is 0. The van der Waals surface area contributed by atoms with E-state index in [4.69, 9.17) is 5.26 Å². The Bertz CT molecular complexity index is 696. The number of amides is 1. The molecule has 148 valence electrons. The summed E-state index contributed by atoms with van der Waals surface area (Å²) in [6.07, 6.45) is 2.43. The lowest BCUT2D eigenvalue weighted by Gasteiger charge is -2.34. The van der Waals surface area contributed by atoms with E-state index in [1.54, 1.807) is 19.2 Å². The standard InChI is InChI=1S/C19H26FN5O.HI/c1-3-23-19(24-13-16-5-4-15(12-21)10-17(16)20)25-8-6-14(7-9-25)11-18(26)22-2;/h4-5,10,14H,3,6-9,11,13H2,1-2H3,(H,22,26)(H,23,24);1H. The average Bonchev–Trinajstić information content (AvgIpc) is 2.66. The van der Waals surface area contributed by atoms with E-state index in [0.29, 0.717) is 23.5 Å². The fraction of sp³-hybridized carbons (Fsp3) is 0.526. The first-order chi connectivity index (χ1) is 12.6. The van der Waals surface area contributed by atoms with Gasteiger partial charge in [0.05, 0.1) is 18.2 Å². The van der Waals surface area contributed by atoms with Crippen LogP contribution in [-0.4, -0.2) is 43.4 Å². The quantitative estimate of drug-likeness (QED) is 0.380. The summed E-state index contributed by atoms with van der Waals surface area (Å²) in [6, 6.07) is 6.38. The van der Waals surface area contributed by atoms with Gasteiger partial charge in [-0.3, -0.25) is 4.79 Å². The van der Waals surface area contributed by atoms with Gasteiger partial charge in [-0.05, 0) is 37.8 Å². The molecule has 0 spiro atoms. The first-order valence-electron chi connectivity index (χ1n) is 8.99. The van der Waals surface area contributed by atoms with Crippen LogP contribution in [0.2, 0.25) is 0 Å². The molecule has 1 aliphatic heterocycles. The van der Waals surface area contributed by atoms with Gasteiger partial charge in [-0.1, -0.05) is 6.07 Å². The minimum atomic E-state index is -0.409. The number of nitriles is 1. The van der Waals surface area contributed by atoms with Crippen LogP contribution in [-0.2, 0) is 11.3 Å². The normalized spacial score (nSPS) is 14.9. The third kappa shape index (κ3) is 6.97. The van der Waals surface area contributed by atoms with Crippen molar-refractivity contribution in [1.29, 1.82) is 5.26 Å². The number of benzene rings is 1. The zero-order chi connectivity index (χ0) is 18.9. The van der Waals surface area contributed by atoms with Crippen molar-refractivity contribution < 1.29 is 9.18 Å². The van der Waals surface area contributed by atoms with Crippen LogP contribution in [0.15, 0.2) is 23.2 Å². The van der Waals surface area contributed by atoms with Gasteiger partial charge in [-0.25, -0.2) is 9.38 Å². The van der Waals surface area contributed by atoms with Crippen LogP contribution in [0.3, 0.4) is 0 Å². The summed E-state index contributed by atoms with van der Waals surface area (Å²) in [5, 5.41) is 14.7. The number of rotatable bonds is 5. The molecule has 27 heavy (non-hydrogen) atoms. The SMILES string of the molecule is CCNC(=NCc1ccc(C#N)cc1F)N1CCC(CC(=O)NC)CC1.I. The maximum absolute atomic E-state index is 14.0. The maximum atomic E-state index is 14.0. The van der Waals surface area contributed by atoms with Gasteiger partial charge < -0.3 is 15.5 Å². The molecule has 1 amide bonds. The smallest absolute Gasteiger partial charge is 0.220 e. The number of carbonyl (C=O) groups excluding carboxylic acids is 1. The summed E-state index contributed by atoms with van der Waals surface area (Å²) in [4.78, 5) is 18.2. The fourth-order valence-corrected chi connectivity index (χ4v) is 3.04. The predicted molar refractivity (Wildman–Crippen MR) is 114 cm³/mol. The van der Waals surface area contributed by atoms with Gasteiger partial charge in [0.1, 0.15) is 5.82 Å². The molecule has 0 saturated carbocycles. The number of aliphatic imine (C=N–C) groups is 1. The average molecular weight is 487 g/mol.